The van der Waals surface area contributed by atoms with Crippen LogP contribution >= 0.6 is 0 Å². The minimum Gasteiger partial charge on any atom is -0.339 e. The van der Waals surface area contributed by atoms with Crippen LogP contribution in [-0.2, 0) is 4.79 Å². The first-order chi connectivity index (χ1) is 8.66. The molecule has 1 atom stereocenters. The van der Waals surface area contributed by atoms with Gasteiger partial charge in [0.2, 0.25) is 5.91 Å². The number of anilines is 2. The topological polar surface area (TPSA) is 61.4 Å². The minimum absolute atomic E-state index is 0.0216. The summed E-state index contributed by atoms with van der Waals surface area (Å²) in [6, 6.07) is 0.313. The summed E-state index contributed by atoms with van der Waals surface area (Å²) in [7, 11) is 0. The average molecular weight is 247 g/mol. The molecule has 6 nitrogen and oxygen atoms in total. The van der Waals surface area contributed by atoms with E-state index in [2.05, 4.69) is 38.9 Å². The Bertz CT molecular complexity index is 475. The number of amides is 1. The zero-order valence-corrected chi connectivity index (χ0v) is 10.6. The van der Waals surface area contributed by atoms with Crippen LogP contribution in [0, 0.1) is 0 Å². The Kier molecular flexibility index (Phi) is 2.66. The summed E-state index contributed by atoms with van der Waals surface area (Å²) in [5.41, 5.74) is 0. The zero-order chi connectivity index (χ0) is 12.7. The minimum atomic E-state index is -0.148. The number of hydrogen-bond donors (Lipinski definition) is 1. The highest BCUT2D eigenvalue weighted by molar-refractivity contribution is 6.01. The van der Waals surface area contributed by atoms with Crippen LogP contribution in [0.5, 0.6) is 0 Å². The monoisotopic (exact) mass is 247 g/mol. The van der Waals surface area contributed by atoms with Gasteiger partial charge in [-0.3, -0.25) is 9.69 Å². The molecule has 96 valence electrons. The summed E-state index contributed by atoms with van der Waals surface area (Å²) in [6.07, 6.45) is 3.27. The van der Waals surface area contributed by atoms with Gasteiger partial charge in [0, 0.05) is 38.1 Å². The van der Waals surface area contributed by atoms with Crippen LogP contribution in [0.1, 0.15) is 13.8 Å². The Balaban J connectivity index is 1.91. The summed E-state index contributed by atoms with van der Waals surface area (Å²) in [4.78, 5) is 25.0. The molecule has 1 aromatic heterocycles. The predicted molar refractivity (Wildman–Crippen MR) is 68.5 cm³/mol. The van der Waals surface area contributed by atoms with Crippen molar-refractivity contribution in [2.45, 2.75) is 25.9 Å². The fourth-order valence-corrected chi connectivity index (χ4v) is 2.58. The van der Waals surface area contributed by atoms with Gasteiger partial charge in [-0.1, -0.05) is 0 Å². The second-order valence-corrected chi connectivity index (χ2v) is 5.02. The summed E-state index contributed by atoms with van der Waals surface area (Å²) in [6.45, 7) is 6.84. The number of aromatic nitrogens is 2. The molecule has 0 saturated carbocycles. The molecule has 0 bridgehead atoms. The van der Waals surface area contributed by atoms with E-state index >= 15 is 0 Å². The molecule has 2 aliphatic rings. The second-order valence-electron chi connectivity index (χ2n) is 5.02. The van der Waals surface area contributed by atoms with Crippen molar-refractivity contribution in [2.75, 3.05) is 29.9 Å². The average Bonchev–Trinajstić information content (AvgIpc) is 2.38. The first-order valence-electron chi connectivity index (χ1n) is 6.29. The number of hydrogen-bond acceptors (Lipinski definition) is 5. The Morgan fingerprint density at radius 1 is 1.33 bits per heavy atom. The van der Waals surface area contributed by atoms with E-state index in [9.17, 15) is 4.79 Å². The number of piperazine rings is 1. The summed E-state index contributed by atoms with van der Waals surface area (Å²) >= 11 is 0. The number of carbonyl (C=O) groups excluding carboxylic acids is 1. The van der Waals surface area contributed by atoms with E-state index in [4.69, 9.17) is 0 Å². The third-order valence-corrected chi connectivity index (χ3v) is 3.64. The normalized spacial score (nSPS) is 23.6. The first kappa shape index (κ1) is 11.4. The molecule has 1 amide bonds. The van der Waals surface area contributed by atoms with E-state index in [0.29, 0.717) is 11.9 Å². The molecule has 1 N–H and O–H groups in total. The molecular formula is C12H17N5O. The van der Waals surface area contributed by atoms with E-state index in [1.54, 1.807) is 12.4 Å². The van der Waals surface area contributed by atoms with Gasteiger partial charge in [-0.15, -0.1) is 0 Å². The lowest BCUT2D eigenvalue weighted by atomic mass is 10.1. The Hall–Kier alpha value is -1.69. The molecule has 1 fully saturated rings. The number of nitrogens with zero attached hydrogens (tertiary/aromatic N) is 4. The molecule has 0 aromatic carbocycles. The fraction of sp³-hybridized carbons (Fsp3) is 0.583. The van der Waals surface area contributed by atoms with Gasteiger partial charge >= 0.3 is 0 Å². The van der Waals surface area contributed by atoms with Gasteiger partial charge in [-0.05, 0) is 13.8 Å². The molecule has 1 saturated heterocycles. The van der Waals surface area contributed by atoms with Crippen molar-refractivity contribution in [1.29, 1.82) is 0 Å². The quantitative estimate of drug-likeness (QED) is 0.775. The molecule has 6 heteroatoms. The molecule has 0 radical (unpaired) electrons. The first-order valence-corrected chi connectivity index (χ1v) is 6.29. The predicted octanol–water partition coefficient (Wildman–Crippen LogP) is 0.328. The van der Waals surface area contributed by atoms with Crippen molar-refractivity contribution >= 4 is 17.5 Å². The SMILES string of the molecule is CC(C)N1CCN2c3nccnc3NC(=O)[C@H]2C1. The van der Waals surface area contributed by atoms with Gasteiger partial charge in [0.1, 0.15) is 6.04 Å². The second kappa shape index (κ2) is 4.20. The Morgan fingerprint density at radius 2 is 2.11 bits per heavy atom. The third-order valence-electron chi connectivity index (χ3n) is 3.64. The lowest BCUT2D eigenvalue weighted by Crippen LogP contribution is -2.61. The maximum absolute atomic E-state index is 12.1. The molecule has 3 rings (SSSR count). The van der Waals surface area contributed by atoms with E-state index in [1.165, 1.54) is 0 Å². The van der Waals surface area contributed by atoms with Gasteiger partial charge in [-0.25, -0.2) is 9.97 Å². The van der Waals surface area contributed by atoms with Crippen molar-refractivity contribution < 1.29 is 4.79 Å². The van der Waals surface area contributed by atoms with Crippen LogP contribution < -0.4 is 10.2 Å². The maximum Gasteiger partial charge on any atom is 0.249 e. The van der Waals surface area contributed by atoms with Crippen LogP contribution in [0.15, 0.2) is 12.4 Å². The smallest absolute Gasteiger partial charge is 0.249 e. The van der Waals surface area contributed by atoms with Crippen molar-refractivity contribution in [2.24, 2.45) is 0 Å². The molecule has 0 unspecified atom stereocenters. The molecule has 18 heavy (non-hydrogen) atoms. The van der Waals surface area contributed by atoms with E-state index in [0.717, 1.165) is 25.5 Å². The van der Waals surface area contributed by atoms with Crippen LogP contribution in [-0.4, -0.2) is 52.5 Å². The van der Waals surface area contributed by atoms with Crippen molar-refractivity contribution in [3.8, 4) is 0 Å². The van der Waals surface area contributed by atoms with Crippen molar-refractivity contribution in [1.82, 2.24) is 14.9 Å². The fourth-order valence-electron chi connectivity index (χ4n) is 2.58. The lowest BCUT2D eigenvalue weighted by molar-refractivity contribution is -0.118. The largest absolute Gasteiger partial charge is 0.339 e. The van der Waals surface area contributed by atoms with Gasteiger partial charge in [0.05, 0.1) is 0 Å². The highest BCUT2D eigenvalue weighted by Gasteiger charge is 2.38. The standard InChI is InChI=1S/C12H17N5O/c1-8(2)16-5-6-17-9(7-16)12(18)15-10-11(17)14-4-3-13-10/h3-4,8-9H,5-7H2,1-2H3,(H,13,15,18)/t9-/m1/s1. The molecule has 1 aromatic rings. The number of rotatable bonds is 1. The van der Waals surface area contributed by atoms with Crippen LogP contribution in [0.3, 0.4) is 0 Å². The van der Waals surface area contributed by atoms with Gasteiger partial charge in [0.15, 0.2) is 11.6 Å². The number of nitrogens with one attached hydrogen (secondary N) is 1. The molecule has 2 aliphatic heterocycles. The van der Waals surface area contributed by atoms with E-state index in [1.807, 2.05) is 0 Å². The summed E-state index contributed by atoms with van der Waals surface area (Å²) in [5.74, 6) is 1.40. The summed E-state index contributed by atoms with van der Waals surface area (Å²) < 4.78 is 0. The van der Waals surface area contributed by atoms with Gasteiger partial charge in [0.25, 0.3) is 0 Å². The lowest BCUT2D eigenvalue weighted by Gasteiger charge is -2.44. The number of carbonyl (C=O) groups is 1. The maximum atomic E-state index is 12.1. The Morgan fingerprint density at radius 3 is 2.89 bits per heavy atom. The molecular weight excluding hydrogens is 230 g/mol. The summed E-state index contributed by atoms with van der Waals surface area (Å²) in [5, 5.41) is 2.84. The van der Waals surface area contributed by atoms with Crippen LogP contribution in [0.2, 0.25) is 0 Å². The molecule has 0 spiro atoms. The third kappa shape index (κ3) is 1.73. The van der Waals surface area contributed by atoms with Crippen molar-refractivity contribution in [3.05, 3.63) is 12.4 Å². The van der Waals surface area contributed by atoms with Gasteiger partial charge in [-0.2, -0.15) is 0 Å². The van der Waals surface area contributed by atoms with Crippen molar-refractivity contribution in [3.63, 3.8) is 0 Å². The Labute approximate surface area is 106 Å². The van der Waals surface area contributed by atoms with Crippen LogP contribution in [0.25, 0.3) is 0 Å². The van der Waals surface area contributed by atoms with Crippen LogP contribution in [0.4, 0.5) is 11.6 Å². The van der Waals surface area contributed by atoms with Gasteiger partial charge < -0.3 is 10.2 Å². The van der Waals surface area contributed by atoms with E-state index < -0.39 is 0 Å². The van der Waals surface area contributed by atoms with E-state index in [-0.39, 0.29) is 11.9 Å². The molecule has 3 heterocycles. The molecule has 0 aliphatic carbocycles. The highest BCUT2D eigenvalue weighted by atomic mass is 16.2. The number of fused-ring (bicyclic) bond motifs is 3. The zero-order valence-electron chi connectivity index (χ0n) is 10.6. The highest BCUT2D eigenvalue weighted by Crippen LogP contribution is 2.29.